The Kier molecular flexibility index (Phi) is 5.50. The van der Waals surface area contributed by atoms with Crippen LogP contribution in [0.15, 0.2) is 60.8 Å². The van der Waals surface area contributed by atoms with E-state index in [1.807, 2.05) is 30.3 Å². The van der Waals surface area contributed by atoms with Crippen molar-refractivity contribution >= 4 is 28.4 Å². The molecule has 5 heteroatoms. The Balaban J connectivity index is 1.46. The van der Waals surface area contributed by atoms with Gasteiger partial charge in [0.05, 0.1) is 12.1 Å². The molecule has 0 unspecified atom stereocenters. The van der Waals surface area contributed by atoms with Crippen molar-refractivity contribution in [2.45, 2.75) is 0 Å². The van der Waals surface area contributed by atoms with Gasteiger partial charge in [-0.15, -0.1) is 0 Å². The van der Waals surface area contributed by atoms with Crippen LogP contribution in [-0.4, -0.2) is 24.0 Å². The lowest BCUT2D eigenvalue weighted by Gasteiger charge is -2.03. The van der Waals surface area contributed by atoms with E-state index >= 15 is 0 Å². The van der Waals surface area contributed by atoms with Crippen LogP contribution < -0.4 is 10.1 Å². The predicted octanol–water partition coefficient (Wildman–Crippen LogP) is 3.70. The maximum atomic E-state index is 11.9. The summed E-state index contributed by atoms with van der Waals surface area (Å²) < 4.78 is 5.58. The molecule has 0 aliphatic rings. The minimum absolute atomic E-state index is 0.188. The fourth-order valence-corrected chi connectivity index (χ4v) is 2.32. The number of benzene rings is 2. The molecule has 1 aromatic heterocycles. The zero-order valence-electron chi connectivity index (χ0n) is 13.3. The first-order valence-electron chi connectivity index (χ1n) is 7.69. The van der Waals surface area contributed by atoms with Crippen molar-refractivity contribution in [3.8, 4) is 17.6 Å². The zero-order valence-corrected chi connectivity index (χ0v) is 14.1. The van der Waals surface area contributed by atoms with Gasteiger partial charge in [0.2, 0.25) is 0 Å². The van der Waals surface area contributed by atoms with Crippen LogP contribution in [0.1, 0.15) is 10.4 Å². The first-order chi connectivity index (χ1) is 12.2. The van der Waals surface area contributed by atoms with E-state index in [1.54, 1.807) is 30.5 Å². The summed E-state index contributed by atoms with van der Waals surface area (Å²) in [5, 5.41) is 4.38. The molecule has 0 saturated carbocycles. The molecule has 0 saturated heterocycles. The molecule has 0 fully saturated rings. The fourth-order valence-electron chi connectivity index (χ4n) is 2.20. The van der Waals surface area contributed by atoms with Gasteiger partial charge in [0.25, 0.3) is 5.91 Å². The third-order valence-electron chi connectivity index (χ3n) is 3.46. The Morgan fingerprint density at radius 1 is 1.12 bits per heavy atom. The Bertz CT molecular complexity index is 943. The molecule has 1 N–H and O–H groups in total. The molecular weight excluding hydrogens is 336 g/mol. The van der Waals surface area contributed by atoms with E-state index in [0.29, 0.717) is 16.3 Å². The maximum absolute atomic E-state index is 11.9. The van der Waals surface area contributed by atoms with Crippen LogP contribution in [0.2, 0.25) is 5.02 Å². The van der Waals surface area contributed by atoms with Crippen molar-refractivity contribution in [1.82, 2.24) is 10.3 Å². The van der Waals surface area contributed by atoms with Crippen LogP contribution in [0.4, 0.5) is 0 Å². The number of nitrogens with zero attached hydrogens (tertiary/aromatic N) is 1. The summed E-state index contributed by atoms with van der Waals surface area (Å²) in [6.07, 6.45) is 1.75. The second-order valence-corrected chi connectivity index (χ2v) is 5.63. The number of hydrogen-bond acceptors (Lipinski definition) is 3. The number of amides is 1. The fraction of sp³-hybridized carbons (Fsp3) is 0.100. The van der Waals surface area contributed by atoms with Crippen LogP contribution in [0.25, 0.3) is 10.9 Å². The molecule has 1 amide bonds. The van der Waals surface area contributed by atoms with Gasteiger partial charge in [-0.25, -0.2) is 0 Å². The van der Waals surface area contributed by atoms with E-state index < -0.39 is 0 Å². The number of hydrogen-bond donors (Lipinski definition) is 1. The van der Waals surface area contributed by atoms with Crippen LogP contribution in [-0.2, 0) is 0 Å². The summed E-state index contributed by atoms with van der Waals surface area (Å²) in [6.45, 7) is 0.499. The number of ether oxygens (including phenoxy) is 1. The second kappa shape index (κ2) is 8.18. The monoisotopic (exact) mass is 350 g/mol. The molecule has 3 aromatic rings. The van der Waals surface area contributed by atoms with Crippen LogP contribution in [0.3, 0.4) is 0 Å². The van der Waals surface area contributed by atoms with E-state index in [0.717, 1.165) is 10.9 Å². The number of nitrogens with one attached hydrogen (secondary N) is 1. The maximum Gasteiger partial charge on any atom is 0.252 e. The van der Waals surface area contributed by atoms with Crippen molar-refractivity contribution in [2.24, 2.45) is 0 Å². The molecule has 0 radical (unpaired) electrons. The highest BCUT2D eigenvalue weighted by Gasteiger charge is 2.02. The Hall–Kier alpha value is -3.03. The number of carbonyl (C=O) groups is 1. The topological polar surface area (TPSA) is 51.2 Å². The average Bonchev–Trinajstić information content (AvgIpc) is 2.65. The van der Waals surface area contributed by atoms with Gasteiger partial charge in [-0.05, 0) is 42.5 Å². The SMILES string of the molecule is O=C(NCC#CCOc1ccc2cccnc2c1)c1ccc(Cl)cc1. The third kappa shape index (κ3) is 4.72. The molecule has 4 nitrogen and oxygen atoms in total. The molecule has 124 valence electrons. The van der Waals surface area contributed by atoms with Crippen molar-refractivity contribution in [3.63, 3.8) is 0 Å². The molecule has 25 heavy (non-hydrogen) atoms. The first-order valence-corrected chi connectivity index (χ1v) is 8.07. The van der Waals surface area contributed by atoms with Gasteiger partial charge in [0.15, 0.2) is 0 Å². The van der Waals surface area contributed by atoms with Crippen LogP contribution in [0.5, 0.6) is 5.75 Å². The molecule has 0 bridgehead atoms. The predicted molar refractivity (Wildman–Crippen MR) is 98.8 cm³/mol. The summed E-state index contributed by atoms with van der Waals surface area (Å²) >= 11 is 5.79. The Labute approximate surface area is 150 Å². The molecule has 1 heterocycles. The van der Waals surface area contributed by atoms with Crippen molar-refractivity contribution in [1.29, 1.82) is 0 Å². The van der Waals surface area contributed by atoms with Gasteiger partial charge in [-0.1, -0.05) is 29.5 Å². The summed E-state index contributed by atoms with van der Waals surface area (Å²) in [6, 6.07) is 16.3. The highest BCUT2D eigenvalue weighted by molar-refractivity contribution is 6.30. The number of aromatic nitrogens is 1. The number of halogens is 1. The van der Waals surface area contributed by atoms with Gasteiger partial charge in [0, 0.05) is 28.2 Å². The van der Waals surface area contributed by atoms with E-state index in [1.165, 1.54) is 0 Å². The molecule has 2 aromatic carbocycles. The molecule has 0 aliphatic heterocycles. The summed E-state index contributed by atoms with van der Waals surface area (Å²) in [4.78, 5) is 16.2. The third-order valence-corrected chi connectivity index (χ3v) is 3.71. The molecule has 0 atom stereocenters. The van der Waals surface area contributed by atoms with Gasteiger partial charge in [-0.2, -0.15) is 0 Å². The molecular formula is C20H15ClN2O2. The minimum Gasteiger partial charge on any atom is -0.481 e. The highest BCUT2D eigenvalue weighted by Crippen LogP contribution is 2.18. The summed E-state index contributed by atoms with van der Waals surface area (Å²) in [7, 11) is 0. The van der Waals surface area contributed by atoms with E-state index in [4.69, 9.17) is 16.3 Å². The highest BCUT2D eigenvalue weighted by atomic mass is 35.5. The second-order valence-electron chi connectivity index (χ2n) is 5.19. The number of fused-ring (bicyclic) bond motifs is 1. The van der Waals surface area contributed by atoms with Crippen LogP contribution >= 0.6 is 11.6 Å². The largest absolute Gasteiger partial charge is 0.481 e. The first kappa shape index (κ1) is 16.8. The van der Waals surface area contributed by atoms with E-state index in [9.17, 15) is 4.79 Å². The molecule has 0 spiro atoms. The quantitative estimate of drug-likeness (QED) is 0.730. The van der Waals surface area contributed by atoms with Gasteiger partial charge >= 0.3 is 0 Å². The summed E-state index contributed by atoms with van der Waals surface area (Å²) in [5.74, 6) is 6.25. The number of carbonyl (C=O) groups excluding carboxylic acids is 1. The van der Waals surface area contributed by atoms with Crippen molar-refractivity contribution in [2.75, 3.05) is 13.2 Å². The van der Waals surface area contributed by atoms with Crippen molar-refractivity contribution < 1.29 is 9.53 Å². The lowest BCUT2D eigenvalue weighted by molar-refractivity contribution is 0.0958. The van der Waals surface area contributed by atoms with E-state index in [2.05, 4.69) is 22.1 Å². The van der Waals surface area contributed by atoms with Crippen molar-refractivity contribution in [3.05, 3.63) is 71.4 Å². The lowest BCUT2D eigenvalue weighted by Crippen LogP contribution is -2.23. The molecule has 3 rings (SSSR count). The molecule has 0 aliphatic carbocycles. The lowest BCUT2D eigenvalue weighted by atomic mass is 10.2. The average molecular weight is 351 g/mol. The van der Waals surface area contributed by atoms with Gasteiger partial charge in [0.1, 0.15) is 12.4 Å². The van der Waals surface area contributed by atoms with Gasteiger partial charge < -0.3 is 10.1 Å². The minimum atomic E-state index is -0.188. The number of pyridine rings is 1. The van der Waals surface area contributed by atoms with E-state index in [-0.39, 0.29) is 19.1 Å². The van der Waals surface area contributed by atoms with Gasteiger partial charge in [-0.3, -0.25) is 9.78 Å². The Morgan fingerprint density at radius 3 is 2.80 bits per heavy atom. The number of rotatable bonds is 4. The smallest absolute Gasteiger partial charge is 0.252 e. The zero-order chi connectivity index (χ0) is 17.5. The Morgan fingerprint density at radius 2 is 1.96 bits per heavy atom. The normalized spacial score (nSPS) is 9.96. The summed E-state index contributed by atoms with van der Waals surface area (Å²) in [5.41, 5.74) is 1.43. The van der Waals surface area contributed by atoms with Crippen LogP contribution in [0, 0.1) is 11.8 Å². The standard InChI is InChI=1S/C20H15ClN2O2/c21-17-8-5-16(6-9-17)20(24)23-11-1-2-13-25-18-10-7-15-4-3-12-22-19(15)14-18/h3-10,12,14H,11,13H2,(H,23,24).